The lowest BCUT2D eigenvalue weighted by Crippen LogP contribution is -2.40. The molecule has 0 aliphatic heterocycles. The second-order valence-electron chi connectivity index (χ2n) is 6.68. The number of carbonyl (C=O) groups is 1. The summed E-state index contributed by atoms with van der Waals surface area (Å²) in [5.41, 5.74) is 1.49. The van der Waals surface area contributed by atoms with Crippen molar-refractivity contribution in [2.24, 2.45) is 0 Å². The number of pyridine rings is 1. The Labute approximate surface area is 159 Å². The van der Waals surface area contributed by atoms with Gasteiger partial charge in [0.05, 0.1) is 19.1 Å². The molecule has 1 amide bonds. The molecule has 27 heavy (non-hydrogen) atoms. The van der Waals surface area contributed by atoms with E-state index in [-0.39, 0.29) is 18.1 Å². The van der Waals surface area contributed by atoms with Crippen molar-refractivity contribution in [1.29, 1.82) is 5.26 Å². The molecule has 0 spiro atoms. The first kappa shape index (κ1) is 18.7. The van der Waals surface area contributed by atoms with Crippen LogP contribution in [0.25, 0.3) is 0 Å². The third-order valence-electron chi connectivity index (χ3n) is 4.72. The van der Waals surface area contributed by atoms with Crippen molar-refractivity contribution < 1.29 is 14.3 Å². The zero-order chi connectivity index (χ0) is 19.1. The summed E-state index contributed by atoms with van der Waals surface area (Å²) in [5, 5.41) is 11.9. The van der Waals surface area contributed by atoms with E-state index in [0.29, 0.717) is 17.9 Å². The first-order valence-corrected chi connectivity index (χ1v) is 9.11. The largest absolute Gasteiger partial charge is 0.497 e. The zero-order valence-corrected chi connectivity index (χ0v) is 15.4. The van der Waals surface area contributed by atoms with Crippen LogP contribution in [0.4, 0.5) is 0 Å². The Hall–Kier alpha value is -3.07. The highest BCUT2D eigenvalue weighted by Gasteiger charge is 2.24. The van der Waals surface area contributed by atoms with Gasteiger partial charge in [-0.15, -0.1) is 0 Å². The molecule has 1 N–H and O–H groups in total. The number of benzene rings is 1. The molecule has 3 rings (SSSR count). The third kappa shape index (κ3) is 5.45. The van der Waals surface area contributed by atoms with Crippen molar-refractivity contribution in [1.82, 2.24) is 10.3 Å². The number of rotatable bonds is 6. The standard InChI is InChI=1S/C21H23N3O3/c1-26-18-7-2-15(3-8-18)12-20(25)24-17-5-9-19(10-6-17)27-21-11-4-16(13-22)14-23-21/h2-4,7-8,11,14,17,19H,5-6,9-10,12H2,1H3,(H,24,25). The third-order valence-corrected chi connectivity index (χ3v) is 4.72. The van der Waals surface area contributed by atoms with Gasteiger partial charge >= 0.3 is 0 Å². The quantitative estimate of drug-likeness (QED) is 0.851. The average molecular weight is 365 g/mol. The Morgan fingerprint density at radius 1 is 1.19 bits per heavy atom. The Morgan fingerprint density at radius 3 is 2.52 bits per heavy atom. The predicted molar refractivity (Wildman–Crippen MR) is 100 cm³/mol. The molecule has 1 aromatic heterocycles. The number of hydrogen-bond acceptors (Lipinski definition) is 5. The molecule has 1 fully saturated rings. The van der Waals surface area contributed by atoms with Crippen molar-refractivity contribution in [2.75, 3.05) is 7.11 Å². The van der Waals surface area contributed by atoms with Gasteiger partial charge in [-0.25, -0.2) is 4.98 Å². The lowest BCUT2D eigenvalue weighted by molar-refractivity contribution is -0.121. The van der Waals surface area contributed by atoms with E-state index in [1.165, 1.54) is 6.20 Å². The molecule has 0 atom stereocenters. The fraction of sp³-hybridized carbons (Fsp3) is 0.381. The molecule has 1 saturated carbocycles. The van der Waals surface area contributed by atoms with Crippen molar-refractivity contribution in [3.05, 3.63) is 53.7 Å². The number of methoxy groups -OCH3 is 1. The Kier molecular flexibility index (Phi) is 6.26. The van der Waals surface area contributed by atoms with Gasteiger partial charge in [-0.05, 0) is 49.4 Å². The highest BCUT2D eigenvalue weighted by atomic mass is 16.5. The molecule has 140 valence electrons. The number of amides is 1. The van der Waals surface area contributed by atoms with E-state index in [2.05, 4.69) is 10.3 Å². The van der Waals surface area contributed by atoms with E-state index < -0.39 is 0 Å². The van der Waals surface area contributed by atoms with E-state index in [9.17, 15) is 4.79 Å². The fourth-order valence-electron chi connectivity index (χ4n) is 3.22. The Morgan fingerprint density at radius 2 is 1.93 bits per heavy atom. The normalized spacial score (nSPS) is 19.0. The highest BCUT2D eigenvalue weighted by molar-refractivity contribution is 5.78. The second kappa shape index (κ2) is 9.04. The van der Waals surface area contributed by atoms with Crippen LogP contribution in [-0.2, 0) is 11.2 Å². The summed E-state index contributed by atoms with van der Waals surface area (Å²) in [4.78, 5) is 16.4. The number of nitriles is 1. The molecule has 6 heteroatoms. The first-order valence-electron chi connectivity index (χ1n) is 9.11. The summed E-state index contributed by atoms with van der Waals surface area (Å²) in [6.07, 6.45) is 5.49. The van der Waals surface area contributed by atoms with Crippen LogP contribution in [0, 0.1) is 11.3 Å². The molecule has 0 radical (unpaired) electrons. The molecular formula is C21H23N3O3. The maximum absolute atomic E-state index is 12.3. The molecule has 1 aliphatic rings. The number of nitrogens with zero attached hydrogens (tertiary/aromatic N) is 2. The molecule has 2 aromatic rings. The first-order chi connectivity index (χ1) is 13.2. The topological polar surface area (TPSA) is 84.2 Å². The Balaban J connectivity index is 1.41. The van der Waals surface area contributed by atoms with Crippen LogP contribution in [-0.4, -0.2) is 30.1 Å². The maximum atomic E-state index is 12.3. The van der Waals surface area contributed by atoms with Gasteiger partial charge in [0, 0.05) is 18.3 Å². The van der Waals surface area contributed by atoms with Gasteiger partial charge in [0.2, 0.25) is 11.8 Å². The number of nitrogens with one attached hydrogen (secondary N) is 1. The minimum Gasteiger partial charge on any atom is -0.497 e. The summed E-state index contributed by atoms with van der Waals surface area (Å²) in [5.74, 6) is 1.37. The zero-order valence-electron chi connectivity index (χ0n) is 15.4. The van der Waals surface area contributed by atoms with Gasteiger partial charge in [-0.3, -0.25) is 4.79 Å². The van der Waals surface area contributed by atoms with Crippen molar-refractivity contribution in [3.8, 4) is 17.7 Å². The van der Waals surface area contributed by atoms with Crippen molar-refractivity contribution >= 4 is 5.91 Å². The minimum atomic E-state index is 0.0401. The molecular weight excluding hydrogens is 342 g/mol. The van der Waals surface area contributed by atoms with E-state index in [1.54, 1.807) is 19.2 Å². The van der Waals surface area contributed by atoms with E-state index >= 15 is 0 Å². The Bertz CT molecular complexity index is 789. The molecule has 1 aromatic carbocycles. The molecule has 0 saturated heterocycles. The van der Waals surface area contributed by atoms with Gasteiger partial charge in [0.15, 0.2) is 0 Å². The lowest BCUT2D eigenvalue weighted by atomic mass is 9.92. The van der Waals surface area contributed by atoms with Crippen LogP contribution in [0.2, 0.25) is 0 Å². The van der Waals surface area contributed by atoms with Gasteiger partial charge in [0.1, 0.15) is 17.9 Å². The van der Waals surface area contributed by atoms with Gasteiger partial charge in [-0.2, -0.15) is 5.26 Å². The predicted octanol–water partition coefficient (Wildman–Crippen LogP) is 3.01. The number of aromatic nitrogens is 1. The second-order valence-corrected chi connectivity index (χ2v) is 6.68. The average Bonchev–Trinajstić information content (AvgIpc) is 2.70. The van der Waals surface area contributed by atoms with E-state index in [4.69, 9.17) is 14.7 Å². The summed E-state index contributed by atoms with van der Waals surface area (Å²) in [7, 11) is 1.62. The smallest absolute Gasteiger partial charge is 0.224 e. The summed E-state index contributed by atoms with van der Waals surface area (Å²) >= 11 is 0. The van der Waals surface area contributed by atoms with E-state index in [1.807, 2.05) is 30.3 Å². The lowest BCUT2D eigenvalue weighted by Gasteiger charge is -2.29. The molecule has 1 aliphatic carbocycles. The van der Waals surface area contributed by atoms with Crippen LogP contribution in [0.5, 0.6) is 11.6 Å². The molecule has 0 bridgehead atoms. The maximum Gasteiger partial charge on any atom is 0.224 e. The van der Waals surface area contributed by atoms with Gasteiger partial charge in [0.25, 0.3) is 0 Å². The van der Waals surface area contributed by atoms with Crippen LogP contribution < -0.4 is 14.8 Å². The van der Waals surface area contributed by atoms with Crippen LogP contribution in [0.3, 0.4) is 0 Å². The highest BCUT2D eigenvalue weighted by Crippen LogP contribution is 2.23. The van der Waals surface area contributed by atoms with Gasteiger partial charge in [-0.1, -0.05) is 12.1 Å². The fourth-order valence-corrected chi connectivity index (χ4v) is 3.22. The van der Waals surface area contributed by atoms with E-state index in [0.717, 1.165) is 37.0 Å². The molecule has 6 nitrogen and oxygen atoms in total. The van der Waals surface area contributed by atoms with Crippen molar-refractivity contribution in [2.45, 2.75) is 44.2 Å². The molecule has 0 unspecified atom stereocenters. The summed E-state index contributed by atoms with van der Waals surface area (Å²) in [6, 6.07) is 13.2. The number of ether oxygens (including phenoxy) is 2. The molecule has 1 heterocycles. The SMILES string of the molecule is COc1ccc(CC(=O)NC2CCC(Oc3ccc(C#N)cn3)CC2)cc1. The summed E-state index contributed by atoms with van der Waals surface area (Å²) < 4.78 is 11.0. The summed E-state index contributed by atoms with van der Waals surface area (Å²) in [6.45, 7) is 0. The van der Waals surface area contributed by atoms with Gasteiger partial charge < -0.3 is 14.8 Å². The monoisotopic (exact) mass is 365 g/mol. The number of carbonyl (C=O) groups excluding carboxylic acids is 1. The van der Waals surface area contributed by atoms with Crippen LogP contribution in [0.15, 0.2) is 42.6 Å². The van der Waals surface area contributed by atoms with Crippen LogP contribution in [0.1, 0.15) is 36.8 Å². The van der Waals surface area contributed by atoms with Crippen molar-refractivity contribution in [3.63, 3.8) is 0 Å². The number of hydrogen-bond donors (Lipinski definition) is 1. The van der Waals surface area contributed by atoms with Crippen LogP contribution >= 0.6 is 0 Å². The minimum absolute atomic E-state index is 0.0401.